The Bertz CT molecular complexity index is 531. The monoisotopic (exact) mass is 269 g/mol. The number of hydrogen-bond donors (Lipinski definition) is 1. The summed E-state index contributed by atoms with van der Waals surface area (Å²) in [6.45, 7) is 8.09. The Morgan fingerprint density at radius 2 is 1.70 bits per heavy atom. The van der Waals surface area contributed by atoms with Crippen LogP contribution in [0.25, 0.3) is 11.1 Å². The molecule has 0 radical (unpaired) electrons. The first-order valence-electron chi connectivity index (χ1n) is 7.26. The molecule has 0 bridgehead atoms. The molecule has 0 aliphatic rings. The predicted octanol–water partition coefficient (Wildman–Crippen LogP) is 4.25. The maximum absolute atomic E-state index is 5.69. The summed E-state index contributed by atoms with van der Waals surface area (Å²) < 4.78 is 5.69. The van der Waals surface area contributed by atoms with E-state index in [1.54, 1.807) is 0 Å². The Morgan fingerprint density at radius 3 is 2.35 bits per heavy atom. The minimum absolute atomic E-state index is 0.210. The fourth-order valence-electron chi connectivity index (χ4n) is 2.20. The zero-order valence-corrected chi connectivity index (χ0v) is 12.5. The molecule has 2 heteroatoms. The van der Waals surface area contributed by atoms with Crippen molar-refractivity contribution >= 4 is 0 Å². The number of rotatable bonds is 6. The van der Waals surface area contributed by atoms with Gasteiger partial charge in [-0.2, -0.15) is 0 Å². The summed E-state index contributed by atoms with van der Waals surface area (Å²) in [7, 11) is 0. The molecule has 1 N–H and O–H groups in total. The second-order valence-electron chi connectivity index (χ2n) is 5.13. The lowest BCUT2D eigenvalue weighted by Crippen LogP contribution is -2.12. The molecule has 20 heavy (non-hydrogen) atoms. The average Bonchev–Trinajstić information content (AvgIpc) is 2.46. The van der Waals surface area contributed by atoms with Crippen LogP contribution in [-0.4, -0.2) is 12.6 Å². The van der Waals surface area contributed by atoms with Crippen LogP contribution in [0.1, 0.15) is 26.3 Å². The van der Waals surface area contributed by atoms with E-state index in [0.717, 1.165) is 18.8 Å². The quantitative estimate of drug-likeness (QED) is 0.846. The fourth-order valence-corrected chi connectivity index (χ4v) is 2.20. The van der Waals surface area contributed by atoms with Crippen LogP contribution in [0.5, 0.6) is 5.75 Å². The van der Waals surface area contributed by atoms with E-state index in [1.165, 1.54) is 16.7 Å². The number of benzene rings is 2. The molecule has 0 aromatic heterocycles. The molecule has 0 amide bonds. The molecule has 0 heterocycles. The summed E-state index contributed by atoms with van der Waals surface area (Å²) in [6.07, 6.45) is 0.210. The van der Waals surface area contributed by atoms with Crippen LogP contribution in [-0.2, 0) is 6.54 Å². The highest BCUT2D eigenvalue weighted by molar-refractivity contribution is 5.67. The van der Waals surface area contributed by atoms with Gasteiger partial charge in [-0.1, -0.05) is 43.3 Å². The van der Waals surface area contributed by atoms with Crippen LogP contribution in [0.4, 0.5) is 0 Å². The lowest BCUT2D eigenvalue weighted by atomic mass is 9.99. The van der Waals surface area contributed by atoms with Crippen molar-refractivity contribution in [2.75, 3.05) is 6.54 Å². The number of ether oxygens (including phenoxy) is 1. The topological polar surface area (TPSA) is 21.3 Å². The summed E-state index contributed by atoms with van der Waals surface area (Å²) in [4.78, 5) is 0. The van der Waals surface area contributed by atoms with Crippen molar-refractivity contribution in [1.82, 2.24) is 5.32 Å². The lowest BCUT2D eigenvalue weighted by molar-refractivity contribution is 0.242. The molecule has 0 aliphatic carbocycles. The van der Waals surface area contributed by atoms with E-state index >= 15 is 0 Å². The van der Waals surface area contributed by atoms with Crippen molar-refractivity contribution < 1.29 is 4.74 Å². The normalized spacial score (nSPS) is 10.8. The Kier molecular flexibility index (Phi) is 5.19. The molecule has 2 aromatic carbocycles. The van der Waals surface area contributed by atoms with Gasteiger partial charge in [0.25, 0.3) is 0 Å². The van der Waals surface area contributed by atoms with Crippen LogP contribution in [0.2, 0.25) is 0 Å². The van der Waals surface area contributed by atoms with Crippen LogP contribution >= 0.6 is 0 Å². The van der Waals surface area contributed by atoms with Crippen molar-refractivity contribution in [2.24, 2.45) is 0 Å². The predicted molar refractivity (Wildman–Crippen MR) is 85.0 cm³/mol. The largest absolute Gasteiger partial charge is 0.491 e. The number of hydrogen-bond acceptors (Lipinski definition) is 2. The number of nitrogens with one attached hydrogen (secondary N) is 1. The average molecular weight is 269 g/mol. The molecule has 2 nitrogen and oxygen atoms in total. The van der Waals surface area contributed by atoms with Gasteiger partial charge in [-0.25, -0.2) is 0 Å². The zero-order chi connectivity index (χ0) is 14.4. The highest BCUT2D eigenvalue weighted by Gasteiger charge is 2.05. The third-order valence-electron chi connectivity index (χ3n) is 3.12. The van der Waals surface area contributed by atoms with Gasteiger partial charge in [0.1, 0.15) is 5.75 Å². The van der Waals surface area contributed by atoms with Crippen molar-refractivity contribution in [1.29, 1.82) is 0 Å². The minimum atomic E-state index is 0.210. The first-order valence-corrected chi connectivity index (χ1v) is 7.26. The standard InChI is InChI=1S/C18H23NO/c1-4-19-13-16-7-5-6-8-18(16)15-9-11-17(12-10-15)20-14(2)3/h5-12,14,19H,4,13H2,1-3H3. The van der Waals surface area contributed by atoms with Gasteiger partial charge in [0.2, 0.25) is 0 Å². The van der Waals surface area contributed by atoms with E-state index in [9.17, 15) is 0 Å². The van der Waals surface area contributed by atoms with Gasteiger partial charge in [-0.05, 0) is 49.2 Å². The summed E-state index contributed by atoms with van der Waals surface area (Å²) in [5, 5.41) is 3.39. The highest BCUT2D eigenvalue weighted by atomic mass is 16.5. The van der Waals surface area contributed by atoms with E-state index in [0.29, 0.717) is 0 Å². The van der Waals surface area contributed by atoms with Gasteiger partial charge in [-0.15, -0.1) is 0 Å². The Balaban J connectivity index is 2.22. The molecule has 0 fully saturated rings. The first-order chi connectivity index (χ1) is 9.70. The third kappa shape index (κ3) is 3.84. The molecule has 2 aromatic rings. The smallest absolute Gasteiger partial charge is 0.119 e. The SMILES string of the molecule is CCNCc1ccccc1-c1ccc(OC(C)C)cc1. The Morgan fingerprint density at radius 1 is 1.00 bits per heavy atom. The zero-order valence-electron chi connectivity index (χ0n) is 12.5. The highest BCUT2D eigenvalue weighted by Crippen LogP contribution is 2.26. The Hall–Kier alpha value is -1.80. The summed E-state index contributed by atoms with van der Waals surface area (Å²) in [5.41, 5.74) is 3.84. The van der Waals surface area contributed by atoms with E-state index in [-0.39, 0.29) is 6.10 Å². The van der Waals surface area contributed by atoms with Crippen molar-refractivity contribution in [3.8, 4) is 16.9 Å². The summed E-state index contributed by atoms with van der Waals surface area (Å²) in [6, 6.07) is 16.9. The maximum atomic E-state index is 5.69. The third-order valence-corrected chi connectivity index (χ3v) is 3.12. The van der Waals surface area contributed by atoms with Gasteiger partial charge >= 0.3 is 0 Å². The fraction of sp³-hybridized carbons (Fsp3) is 0.333. The molecular formula is C18H23NO. The van der Waals surface area contributed by atoms with Crippen LogP contribution in [0.15, 0.2) is 48.5 Å². The van der Waals surface area contributed by atoms with Gasteiger partial charge < -0.3 is 10.1 Å². The lowest BCUT2D eigenvalue weighted by Gasteiger charge is -2.12. The van der Waals surface area contributed by atoms with Crippen LogP contribution < -0.4 is 10.1 Å². The molecule has 0 saturated heterocycles. The molecule has 0 spiro atoms. The Labute approximate surface area is 121 Å². The van der Waals surface area contributed by atoms with E-state index in [2.05, 4.69) is 48.6 Å². The molecule has 2 rings (SSSR count). The van der Waals surface area contributed by atoms with Crippen molar-refractivity contribution in [2.45, 2.75) is 33.4 Å². The van der Waals surface area contributed by atoms with Crippen LogP contribution in [0.3, 0.4) is 0 Å². The molecule has 0 aliphatic heterocycles. The van der Waals surface area contributed by atoms with Crippen LogP contribution in [0, 0.1) is 0 Å². The minimum Gasteiger partial charge on any atom is -0.491 e. The van der Waals surface area contributed by atoms with Crippen molar-refractivity contribution in [3.63, 3.8) is 0 Å². The van der Waals surface area contributed by atoms with Gasteiger partial charge in [0.15, 0.2) is 0 Å². The first kappa shape index (κ1) is 14.6. The molecular weight excluding hydrogens is 246 g/mol. The van der Waals surface area contributed by atoms with E-state index in [1.807, 2.05) is 26.0 Å². The molecule has 0 atom stereocenters. The summed E-state index contributed by atoms with van der Waals surface area (Å²) >= 11 is 0. The van der Waals surface area contributed by atoms with Gasteiger partial charge in [0, 0.05) is 6.54 Å². The summed E-state index contributed by atoms with van der Waals surface area (Å²) in [5.74, 6) is 0.924. The van der Waals surface area contributed by atoms with E-state index < -0.39 is 0 Å². The van der Waals surface area contributed by atoms with Gasteiger partial charge in [-0.3, -0.25) is 0 Å². The second-order valence-corrected chi connectivity index (χ2v) is 5.13. The van der Waals surface area contributed by atoms with Gasteiger partial charge in [0.05, 0.1) is 6.10 Å². The molecule has 0 saturated carbocycles. The molecule has 106 valence electrons. The van der Waals surface area contributed by atoms with E-state index in [4.69, 9.17) is 4.74 Å². The molecule has 0 unspecified atom stereocenters. The second kappa shape index (κ2) is 7.11. The maximum Gasteiger partial charge on any atom is 0.119 e. The van der Waals surface area contributed by atoms with Crippen molar-refractivity contribution in [3.05, 3.63) is 54.1 Å².